The van der Waals surface area contributed by atoms with E-state index in [0.717, 1.165) is 5.56 Å². The smallest absolute Gasteiger partial charge is 0.358 e. The first-order chi connectivity index (χ1) is 15.5. The second-order valence-corrected chi connectivity index (χ2v) is 6.95. The predicted octanol–water partition coefficient (Wildman–Crippen LogP) is 2.31. The van der Waals surface area contributed by atoms with Crippen LogP contribution in [-0.2, 0) is 20.9 Å². The van der Waals surface area contributed by atoms with Crippen molar-refractivity contribution in [2.75, 3.05) is 20.8 Å². The molecule has 0 saturated heterocycles. The van der Waals surface area contributed by atoms with E-state index < -0.39 is 17.9 Å². The van der Waals surface area contributed by atoms with Crippen molar-refractivity contribution >= 4 is 17.8 Å². The summed E-state index contributed by atoms with van der Waals surface area (Å²) < 4.78 is 12.2. The zero-order valence-electron chi connectivity index (χ0n) is 17.9. The number of nitrogens with one attached hydrogen (secondary N) is 2. The molecule has 1 heterocycles. The van der Waals surface area contributed by atoms with Crippen molar-refractivity contribution in [2.45, 2.75) is 12.6 Å². The zero-order valence-corrected chi connectivity index (χ0v) is 17.9. The molecular formula is C24H25N3O5. The van der Waals surface area contributed by atoms with Crippen LogP contribution in [0.3, 0.4) is 0 Å². The number of rotatable bonds is 9. The lowest BCUT2D eigenvalue weighted by molar-refractivity contribution is -0.129. The van der Waals surface area contributed by atoms with Crippen LogP contribution in [0.2, 0.25) is 0 Å². The summed E-state index contributed by atoms with van der Waals surface area (Å²) in [4.78, 5) is 37.1. The van der Waals surface area contributed by atoms with Crippen LogP contribution in [0.25, 0.3) is 0 Å². The quantitative estimate of drug-likeness (QED) is 0.503. The minimum atomic E-state index is -0.861. The summed E-state index contributed by atoms with van der Waals surface area (Å²) in [5.74, 6) is -1.21. The molecule has 32 heavy (non-hydrogen) atoms. The van der Waals surface area contributed by atoms with E-state index >= 15 is 0 Å². The second kappa shape index (κ2) is 10.8. The molecule has 0 aliphatic heterocycles. The molecule has 0 aliphatic rings. The molecular weight excluding hydrogens is 410 g/mol. The Morgan fingerprint density at radius 1 is 0.969 bits per heavy atom. The van der Waals surface area contributed by atoms with Crippen molar-refractivity contribution in [2.24, 2.45) is 0 Å². The van der Waals surface area contributed by atoms with Crippen molar-refractivity contribution in [3.63, 3.8) is 0 Å². The molecule has 2 N–H and O–H groups in total. The number of amides is 2. The number of esters is 1. The third-order valence-corrected chi connectivity index (χ3v) is 4.81. The molecule has 0 fully saturated rings. The van der Waals surface area contributed by atoms with Crippen molar-refractivity contribution < 1.29 is 23.9 Å². The molecule has 2 aromatic carbocycles. The summed E-state index contributed by atoms with van der Waals surface area (Å²) >= 11 is 0. The average molecular weight is 435 g/mol. The predicted molar refractivity (Wildman–Crippen MR) is 118 cm³/mol. The molecule has 166 valence electrons. The molecule has 8 heteroatoms. The van der Waals surface area contributed by atoms with Gasteiger partial charge in [-0.3, -0.25) is 9.59 Å². The van der Waals surface area contributed by atoms with E-state index in [1.54, 1.807) is 41.1 Å². The van der Waals surface area contributed by atoms with Crippen LogP contribution in [0.4, 0.5) is 0 Å². The van der Waals surface area contributed by atoms with Crippen LogP contribution >= 0.6 is 0 Å². The van der Waals surface area contributed by atoms with Crippen LogP contribution in [-0.4, -0.2) is 43.1 Å². The third-order valence-electron chi connectivity index (χ3n) is 4.81. The van der Waals surface area contributed by atoms with E-state index in [0.29, 0.717) is 12.1 Å². The SMILES string of the molecule is CNC(=O)C(NC(=O)COc1ccn(Cc2ccccc2)c1C(=O)OC)c1ccccc1. The van der Waals surface area contributed by atoms with Gasteiger partial charge in [-0.05, 0) is 17.2 Å². The molecule has 0 spiro atoms. The van der Waals surface area contributed by atoms with Crippen molar-refractivity contribution in [3.05, 3.63) is 89.7 Å². The number of hydrogen-bond acceptors (Lipinski definition) is 5. The normalized spacial score (nSPS) is 11.3. The molecule has 0 radical (unpaired) electrons. The van der Waals surface area contributed by atoms with Gasteiger partial charge >= 0.3 is 5.97 Å². The molecule has 0 bridgehead atoms. The van der Waals surface area contributed by atoms with Crippen LogP contribution < -0.4 is 15.4 Å². The molecule has 0 aliphatic carbocycles. The molecule has 3 rings (SSSR count). The number of carbonyl (C=O) groups is 3. The van der Waals surface area contributed by atoms with Gasteiger partial charge in [-0.15, -0.1) is 0 Å². The molecule has 3 aromatic rings. The highest BCUT2D eigenvalue weighted by Crippen LogP contribution is 2.22. The van der Waals surface area contributed by atoms with Gasteiger partial charge in [0.2, 0.25) is 5.91 Å². The van der Waals surface area contributed by atoms with E-state index in [4.69, 9.17) is 9.47 Å². The van der Waals surface area contributed by atoms with Crippen LogP contribution in [0, 0.1) is 0 Å². The maximum atomic E-state index is 12.5. The van der Waals surface area contributed by atoms with Crippen LogP contribution in [0.5, 0.6) is 5.75 Å². The van der Waals surface area contributed by atoms with Crippen molar-refractivity contribution in [1.82, 2.24) is 15.2 Å². The van der Waals surface area contributed by atoms with Crippen molar-refractivity contribution in [3.8, 4) is 5.75 Å². The fourth-order valence-electron chi connectivity index (χ4n) is 3.23. The highest BCUT2D eigenvalue weighted by atomic mass is 16.5. The van der Waals surface area contributed by atoms with E-state index in [1.807, 2.05) is 36.4 Å². The summed E-state index contributed by atoms with van der Waals surface area (Å²) in [7, 11) is 2.78. The Morgan fingerprint density at radius 2 is 1.62 bits per heavy atom. The Kier molecular flexibility index (Phi) is 7.64. The van der Waals surface area contributed by atoms with Gasteiger partial charge in [0, 0.05) is 19.8 Å². The standard InChI is InChI=1S/C24H25N3O5/c1-25-23(29)21(18-11-7-4-8-12-18)26-20(28)16-32-19-13-14-27(22(19)24(30)31-2)15-17-9-5-3-6-10-17/h3-14,21H,15-16H2,1-2H3,(H,25,29)(H,26,28). The maximum Gasteiger partial charge on any atom is 0.358 e. The lowest BCUT2D eigenvalue weighted by Gasteiger charge is -2.18. The highest BCUT2D eigenvalue weighted by molar-refractivity contribution is 5.91. The van der Waals surface area contributed by atoms with Gasteiger partial charge in [-0.2, -0.15) is 0 Å². The average Bonchev–Trinajstić information content (AvgIpc) is 3.23. The fourth-order valence-corrected chi connectivity index (χ4v) is 3.23. The summed E-state index contributed by atoms with van der Waals surface area (Å²) in [5.41, 5.74) is 1.84. The minimum Gasteiger partial charge on any atom is -0.481 e. The fraction of sp³-hybridized carbons (Fsp3) is 0.208. The monoisotopic (exact) mass is 435 g/mol. The van der Waals surface area contributed by atoms with Gasteiger partial charge in [-0.1, -0.05) is 60.7 Å². The van der Waals surface area contributed by atoms with Gasteiger partial charge in [0.25, 0.3) is 5.91 Å². The highest BCUT2D eigenvalue weighted by Gasteiger charge is 2.23. The number of methoxy groups -OCH3 is 1. The number of hydrogen-bond donors (Lipinski definition) is 2. The molecule has 0 saturated carbocycles. The summed E-state index contributed by atoms with van der Waals surface area (Å²) in [5, 5.41) is 5.21. The molecule has 1 atom stereocenters. The largest absolute Gasteiger partial charge is 0.481 e. The Labute approximate surface area is 186 Å². The van der Waals surface area contributed by atoms with Gasteiger partial charge in [0.05, 0.1) is 7.11 Å². The van der Waals surface area contributed by atoms with Gasteiger partial charge in [0.15, 0.2) is 18.1 Å². The number of ether oxygens (including phenoxy) is 2. The van der Waals surface area contributed by atoms with Gasteiger partial charge in [0.1, 0.15) is 6.04 Å². The summed E-state index contributed by atoms with van der Waals surface area (Å²) in [6.45, 7) is 0.0628. The van der Waals surface area contributed by atoms with E-state index in [1.165, 1.54) is 14.2 Å². The summed E-state index contributed by atoms with van der Waals surface area (Å²) in [6.07, 6.45) is 1.70. The summed E-state index contributed by atoms with van der Waals surface area (Å²) in [6, 6.07) is 19.3. The number of aromatic nitrogens is 1. The van der Waals surface area contributed by atoms with Crippen LogP contribution in [0.15, 0.2) is 72.9 Å². The second-order valence-electron chi connectivity index (χ2n) is 6.95. The van der Waals surface area contributed by atoms with Crippen LogP contribution in [0.1, 0.15) is 27.7 Å². The molecule has 8 nitrogen and oxygen atoms in total. The van der Waals surface area contributed by atoms with Gasteiger partial charge < -0.3 is 24.7 Å². The Balaban J connectivity index is 1.72. The Bertz CT molecular complexity index is 1060. The number of benzene rings is 2. The third kappa shape index (κ3) is 5.54. The zero-order chi connectivity index (χ0) is 22.9. The lowest BCUT2D eigenvalue weighted by atomic mass is 10.1. The van der Waals surface area contributed by atoms with E-state index in [9.17, 15) is 14.4 Å². The molecule has 1 aromatic heterocycles. The van der Waals surface area contributed by atoms with E-state index in [2.05, 4.69) is 10.6 Å². The molecule has 2 amide bonds. The first kappa shape index (κ1) is 22.6. The molecule has 1 unspecified atom stereocenters. The Morgan fingerprint density at radius 3 is 2.25 bits per heavy atom. The lowest BCUT2D eigenvalue weighted by Crippen LogP contribution is -2.41. The number of carbonyl (C=O) groups excluding carboxylic acids is 3. The Hall–Kier alpha value is -4.07. The first-order valence-corrected chi connectivity index (χ1v) is 10.0. The van der Waals surface area contributed by atoms with Crippen molar-refractivity contribution in [1.29, 1.82) is 0 Å². The number of likely N-dealkylation sites (N-methyl/N-ethyl adjacent to an activating group) is 1. The number of nitrogens with zero attached hydrogens (tertiary/aromatic N) is 1. The van der Waals surface area contributed by atoms with Gasteiger partial charge in [-0.25, -0.2) is 4.79 Å². The minimum absolute atomic E-state index is 0.204. The maximum absolute atomic E-state index is 12.5. The van der Waals surface area contributed by atoms with E-state index in [-0.39, 0.29) is 24.0 Å². The first-order valence-electron chi connectivity index (χ1n) is 10.0. The topological polar surface area (TPSA) is 98.7 Å².